The Hall–Kier alpha value is -5.34. The Balaban J connectivity index is 1.40. The largest absolute Gasteiger partial charge is 0.294 e. The molecule has 0 fully saturated rings. The van der Waals surface area contributed by atoms with Gasteiger partial charge in [-0.2, -0.15) is 0 Å². The normalized spacial score (nSPS) is 12.0. The molecule has 40 heavy (non-hydrogen) atoms. The molecule has 2 nitrogen and oxygen atoms in total. The fraction of sp³-hybridized carbons (Fsp3) is 0. The van der Waals surface area contributed by atoms with Crippen LogP contribution in [0.4, 0.5) is 0 Å². The van der Waals surface area contributed by atoms with Gasteiger partial charge in [0.1, 0.15) is 5.65 Å². The zero-order valence-corrected chi connectivity index (χ0v) is 21.8. The fourth-order valence-corrected chi connectivity index (χ4v) is 6.78. The zero-order chi connectivity index (χ0) is 26.2. The number of aromatic nitrogens is 2. The maximum Gasteiger partial charge on any atom is 0.123 e. The molecule has 1 aliphatic carbocycles. The minimum Gasteiger partial charge on any atom is -0.294 e. The van der Waals surface area contributed by atoms with Crippen LogP contribution in [0.1, 0.15) is 0 Å². The van der Waals surface area contributed by atoms with Gasteiger partial charge in [0.15, 0.2) is 0 Å². The third kappa shape index (κ3) is 2.88. The van der Waals surface area contributed by atoms with E-state index in [1.54, 1.807) is 0 Å². The van der Waals surface area contributed by atoms with Crippen LogP contribution in [0.2, 0.25) is 0 Å². The average molecular weight is 509 g/mol. The second kappa shape index (κ2) is 8.08. The second-order valence-electron chi connectivity index (χ2n) is 10.6. The van der Waals surface area contributed by atoms with E-state index in [1.807, 2.05) is 0 Å². The summed E-state index contributed by atoms with van der Waals surface area (Å²) in [6, 6.07) is 53.2. The van der Waals surface area contributed by atoms with Gasteiger partial charge < -0.3 is 0 Å². The van der Waals surface area contributed by atoms with Crippen LogP contribution in [0.3, 0.4) is 0 Å². The molecule has 0 unspecified atom stereocenters. The summed E-state index contributed by atoms with van der Waals surface area (Å²) in [7, 11) is 0. The fourth-order valence-electron chi connectivity index (χ4n) is 6.78. The van der Waals surface area contributed by atoms with E-state index in [-0.39, 0.29) is 0 Å². The Morgan fingerprint density at radius 1 is 0.325 bits per heavy atom. The summed E-state index contributed by atoms with van der Waals surface area (Å²) in [6.07, 6.45) is 0. The first-order chi connectivity index (χ1) is 19.9. The SMILES string of the molecule is c1ccc2c(c1)-c1ccccc1-c1ccc(-n3c4ccccc4n4c5ccccc5cc34)cc1-c1ccccc1-2. The number of nitrogens with zero attached hydrogens (tertiary/aromatic N) is 2. The monoisotopic (exact) mass is 508 g/mol. The van der Waals surface area contributed by atoms with E-state index in [0.29, 0.717) is 0 Å². The van der Waals surface area contributed by atoms with Crippen LogP contribution in [0, 0.1) is 0 Å². The Labute approximate surface area is 232 Å². The predicted molar refractivity (Wildman–Crippen MR) is 167 cm³/mol. The molecule has 0 saturated heterocycles. The lowest BCUT2D eigenvalue weighted by molar-refractivity contribution is 1.15. The van der Waals surface area contributed by atoms with Gasteiger partial charge in [0.2, 0.25) is 0 Å². The van der Waals surface area contributed by atoms with Gasteiger partial charge in [-0.25, -0.2) is 0 Å². The lowest BCUT2D eigenvalue weighted by Gasteiger charge is -2.23. The molecule has 2 heteroatoms. The first-order valence-corrected chi connectivity index (χ1v) is 13.8. The predicted octanol–water partition coefficient (Wildman–Crippen LogP) is 10.0. The van der Waals surface area contributed by atoms with Crippen LogP contribution in [-0.2, 0) is 0 Å². The van der Waals surface area contributed by atoms with Crippen molar-refractivity contribution in [3.63, 3.8) is 0 Å². The summed E-state index contributed by atoms with van der Waals surface area (Å²) < 4.78 is 4.80. The molecular weight excluding hydrogens is 484 g/mol. The summed E-state index contributed by atoms with van der Waals surface area (Å²) in [5.41, 5.74) is 16.1. The molecule has 1 aliphatic rings. The van der Waals surface area contributed by atoms with Crippen molar-refractivity contribution < 1.29 is 0 Å². The number of fused-ring (bicyclic) bond motifs is 13. The van der Waals surface area contributed by atoms with Gasteiger partial charge in [-0.1, -0.05) is 109 Å². The first-order valence-electron chi connectivity index (χ1n) is 13.8. The van der Waals surface area contributed by atoms with Gasteiger partial charge in [-0.05, 0) is 80.9 Å². The Bertz CT molecular complexity index is 2270. The second-order valence-corrected chi connectivity index (χ2v) is 10.6. The van der Waals surface area contributed by atoms with Crippen molar-refractivity contribution in [3.05, 3.63) is 146 Å². The van der Waals surface area contributed by atoms with Crippen LogP contribution in [0.25, 0.3) is 77.8 Å². The number of hydrogen-bond donors (Lipinski definition) is 0. The van der Waals surface area contributed by atoms with E-state index in [1.165, 1.54) is 72.1 Å². The Morgan fingerprint density at radius 2 is 0.775 bits per heavy atom. The van der Waals surface area contributed by atoms with Gasteiger partial charge in [0, 0.05) is 11.1 Å². The molecule has 6 aromatic carbocycles. The topological polar surface area (TPSA) is 9.34 Å². The molecule has 0 N–H and O–H groups in total. The lowest BCUT2D eigenvalue weighted by atomic mass is 9.81. The minimum absolute atomic E-state index is 1.16. The quantitative estimate of drug-likeness (QED) is 0.209. The standard InChI is InChI=1S/C38H24N2/c1-8-18-35-25(11-1)23-38-39(36-19-9-10-20-37(36)40(35)38)26-21-22-33-31-16-5-4-14-29(31)27-12-2-3-13-28(27)30-15-6-7-17-32(30)34(33)24-26/h1-24H. The highest BCUT2D eigenvalue weighted by atomic mass is 15.1. The third-order valence-corrected chi connectivity index (χ3v) is 8.49. The molecule has 2 aromatic heterocycles. The molecule has 2 heterocycles. The molecule has 0 bridgehead atoms. The summed E-state index contributed by atoms with van der Waals surface area (Å²) in [6.45, 7) is 0. The van der Waals surface area contributed by atoms with Crippen molar-refractivity contribution in [2.45, 2.75) is 0 Å². The van der Waals surface area contributed by atoms with Crippen LogP contribution < -0.4 is 0 Å². The molecule has 0 spiro atoms. The van der Waals surface area contributed by atoms with E-state index in [0.717, 1.165) is 5.69 Å². The first kappa shape index (κ1) is 21.6. The molecule has 8 aromatic rings. The van der Waals surface area contributed by atoms with Crippen LogP contribution in [-0.4, -0.2) is 8.97 Å². The third-order valence-electron chi connectivity index (χ3n) is 8.49. The smallest absolute Gasteiger partial charge is 0.123 e. The van der Waals surface area contributed by atoms with E-state index < -0.39 is 0 Å². The van der Waals surface area contributed by atoms with Crippen LogP contribution >= 0.6 is 0 Å². The van der Waals surface area contributed by atoms with Crippen molar-refractivity contribution in [1.82, 2.24) is 8.97 Å². The van der Waals surface area contributed by atoms with Crippen LogP contribution in [0.15, 0.2) is 146 Å². The number of benzene rings is 6. The van der Waals surface area contributed by atoms with Gasteiger partial charge in [0.25, 0.3) is 0 Å². The summed E-state index contributed by atoms with van der Waals surface area (Å²) in [5, 5.41) is 1.25. The minimum atomic E-state index is 1.16. The van der Waals surface area contributed by atoms with E-state index in [4.69, 9.17) is 0 Å². The summed E-state index contributed by atoms with van der Waals surface area (Å²) >= 11 is 0. The van der Waals surface area contributed by atoms with Crippen molar-refractivity contribution in [1.29, 1.82) is 0 Å². The Kier molecular flexibility index (Phi) is 4.36. The number of para-hydroxylation sites is 3. The van der Waals surface area contributed by atoms with E-state index in [2.05, 4.69) is 155 Å². The van der Waals surface area contributed by atoms with E-state index >= 15 is 0 Å². The molecule has 0 radical (unpaired) electrons. The van der Waals surface area contributed by atoms with Gasteiger partial charge in [-0.3, -0.25) is 8.97 Å². The van der Waals surface area contributed by atoms with Crippen molar-refractivity contribution in [3.8, 4) is 50.2 Å². The van der Waals surface area contributed by atoms with Crippen molar-refractivity contribution in [2.75, 3.05) is 0 Å². The van der Waals surface area contributed by atoms with Gasteiger partial charge >= 0.3 is 0 Å². The highest BCUT2D eigenvalue weighted by molar-refractivity contribution is 6.04. The number of imidazole rings is 1. The van der Waals surface area contributed by atoms with Crippen molar-refractivity contribution >= 4 is 27.6 Å². The Morgan fingerprint density at radius 3 is 1.38 bits per heavy atom. The summed E-state index contributed by atoms with van der Waals surface area (Å²) in [5.74, 6) is 0. The molecule has 0 saturated carbocycles. The lowest BCUT2D eigenvalue weighted by Crippen LogP contribution is -1.99. The molecule has 0 amide bonds. The maximum atomic E-state index is 2.41. The zero-order valence-electron chi connectivity index (χ0n) is 21.8. The molecule has 0 atom stereocenters. The number of rotatable bonds is 1. The maximum absolute atomic E-state index is 2.41. The molecule has 9 rings (SSSR count). The number of hydrogen-bond acceptors (Lipinski definition) is 0. The highest BCUT2D eigenvalue weighted by Gasteiger charge is 2.23. The highest BCUT2D eigenvalue weighted by Crippen LogP contribution is 2.48. The molecular formula is C38H24N2. The average Bonchev–Trinajstić information content (AvgIpc) is 3.55. The van der Waals surface area contributed by atoms with E-state index in [9.17, 15) is 0 Å². The van der Waals surface area contributed by atoms with Gasteiger partial charge in [-0.15, -0.1) is 0 Å². The van der Waals surface area contributed by atoms with Crippen LogP contribution in [0.5, 0.6) is 0 Å². The molecule has 186 valence electrons. The van der Waals surface area contributed by atoms with Gasteiger partial charge in [0.05, 0.1) is 16.6 Å². The molecule has 0 aliphatic heterocycles. The summed E-state index contributed by atoms with van der Waals surface area (Å²) in [4.78, 5) is 0. The van der Waals surface area contributed by atoms with Crippen molar-refractivity contribution in [2.24, 2.45) is 0 Å².